The summed E-state index contributed by atoms with van der Waals surface area (Å²) in [4.78, 5) is 24.2. The van der Waals surface area contributed by atoms with Gasteiger partial charge < -0.3 is 19.8 Å². The zero-order valence-corrected chi connectivity index (χ0v) is 16.5. The third-order valence-corrected chi connectivity index (χ3v) is 4.13. The van der Waals surface area contributed by atoms with Crippen molar-refractivity contribution in [3.05, 3.63) is 77.7 Å². The Kier molecular flexibility index (Phi) is 6.85. The average molecular weight is 403 g/mol. The molecule has 0 radical (unpaired) electrons. The van der Waals surface area contributed by atoms with Gasteiger partial charge in [-0.15, -0.1) is 0 Å². The Morgan fingerprint density at radius 1 is 1.03 bits per heavy atom. The van der Waals surface area contributed by atoms with E-state index in [2.05, 4.69) is 10.6 Å². The van der Waals surface area contributed by atoms with E-state index in [4.69, 9.17) is 14.4 Å². The highest BCUT2D eigenvalue weighted by molar-refractivity contribution is 6.02. The second-order valence-corrected chi connectivity index (χ2v) is 6.52. The number of rotatable bonds is 8. The molecule has 0 saturated heterocycles. The van der Waals surface area contributed by atoms with Crippen LogP contribution in [-0.2, 0) is 11.4 Å². The van der Waals surface area contributed by atoms with Crippen molar-refractivity contribution in [3.63, 3.8) is 0 Å². The first-order valence-electron chi connectivity index (χ1n) is 9.50. The summed E-state index contributed by atoms with van der Waals surface area (Å²) in [6.45, 7) is 2.08. The molecule has 0 aliphatic heterocycles. The number of nitriles is 1. The predicted molar refractivity (Wildman–Crippen MR) is 112 cm³/mol. The molecule has 0 spiro atoms. The van der Waals surface area contributed by atoms with E-state index < -0.39 is 5.91 Å². The third kappa shape index (κ3) is 5.72. The Bertz CT molecular complexity index is 1060. The number of nitrogens with one attached hydrogen (secondary N) is 2. The van der Waals surface area contributed by atoms with Crippen LogP contribution in [0.1, 0.15) is 41.6 Å². The molecule has 1 aromatic heterocycles. The summed E-state index contributed by atoms with van der Waals surface area (Å²) in [7, 11) is 0. The SMILES string of the molecule is CCCC(=O)Nc1cccc(NC(=O)c2ccc(COc3ccc(C#N)cc3)o2)c1. The normalized spacial score (nSPS) is 10.1. The summed E-state index contributed by atoms with van der Waals surface area (Å²) < 4.78 is 11.2. The Hall–Kier alpha value is -4.05. The maximum atomic E-state index is 12.4. The van der Waals surface area contributed by atoms with Gasteiger partial charge in [0.2, 0.25) is 5.91 Å². The van der Waals surface area contributed by atoms with Gasteiger partial charge in [0, 0.05) is 17.8 Å². The van der Waals surface area contributed by atoms with Crippen LogP contribution in [-0.4, -0.2) is 11.8 Å². The summed E-state index contributed by atoms with van der Waals surface area (Å²) >= 11 is 0. The van der Waals surface area contributed by atoms with Gasteiger partial charge in [0.05, 0.1) is 11.6 Å². The molecule has 0 atom stereocenters. The van der Waals surface area contributed by atoms with Gasteiger partial charge in [-0.25, -0.2) is 0 Å². The number of hydrogen-bond donors (Lipinski definition) is 2. The molecule has 0 aliphatic carbocycles. The van der Waals surface area contributed by atoms with E-state index in [0.29, 0.717) is 34.9 Å². The summed E-state index contributed by atoms with van der Waals surface area (Å²) in [6.07, 6.45) is 1.20. The number of furan rings is 1. The number of amides is 2. The van der Waals surface area contributed by atoms with Crippen molar-refractivity contribution in [1.82, 2.24) is 0 Å². The number of carbonyl (C=O) groups is 2. The summed E-state index contributed by atoms with van der Waals surface area (Å²) in [5.74, 6) is 0.757. The largest absolute Gasteiger partial charge is 0.486 e. The smallest absolute Gasteiger partial charge is 0.291 e. The lowest BCUT2D eigenvalue weighted by atomic mass is 10.2. The van der Waals surface area contributed by atoms with Gasteiger partial charge in [0.25, 0.3) is 5.91 Å². The van der Waals surface area contributed by atoms with Gasteiger partial charge >= 0.3 is 0 Å². The van der Waals surface area contributed by atoms with Gasteiger partial charge in [0.1, 0.15) is 18.1 Å². The first-order valence-corrected chi connectivity index (χ1v) is 9.50. The second-order valence-electron chi connectivity index (χ2n) is 6.52. The number of benzene rings is 2. The minimum absolute atomic E-state index is 0.0704. The summed E-state index contributed by atoms with van der Waals surface area (Å²) in [6, 6.07) is 18.9. The maximum absolute atomic E-state index is 12.4. The van der Waals surface area contributed by atoms with Gasteiger partial charge in [0.15, 0.2) is 5.76 Å². The van der Waals surface area contributed by atoms with E-state index in [9.17, 15) is 9.59 Å². The Morgan fingerprint density at radius 2 is 1.77 bits per heavy atom. The highest BCUT2D eigenvalue weighted by Crippen LogP contribution is 2.19. The zero-order valence-electron chi connectivity index (χ0n) is 16.5. The highest BCUT2D eigenvalue weighted by atomic mass is 16.5. The second kappa shape index (κ2) is 9.94. The molecule has 30 heavy (non-hydrogen) atoms. The van der Waals surface area contributed by atoms with Crippen LogP contribution in [0.25, 0.3) is 0 Å². The number of ether oxygens (including phenoxy) is 1. The minimum Gasteiger partial charge on any atom is -0.486 e. The molecule has 2 N–H and O–H groups in total. The lowest BCUT2D eigenvalue weighted by molar-refractivity contribution is -0.116. The van der Waals surface area contributed by atoms with E-state index in [-0.39, 0.29) is 18.3 Å². The molecule has 0 fully saturated rings. The first-order chi connectivity index (χ1) is 14.6. The van der Waals surface area contributed by atoms with Crippen molar-refractivity contribution in [2.75, 3.05) is 10.6 Å². The van der Waals surface area contributed by atoms with E-state index in [1.807, 2.05) is 13.0 Å². The van der Waals surface area contributed by atoms with Crippen LogP contribution in [0.4, 0.5) is 11.4 Å². The molecule has 2 amide bonds. The lowest BCUT2D eigenvalue weighted by Crippen LogP contribution is -2.13. The van der Waals surface area contributed by atoms with Crippen molar-refractivity contribution < 1.29 is 18.7 Å². The molecular formula is C23H21N3O4. The minimum atomic E-state index is -0.406. The van der Waals surface area contributed by atoms with Gasteiger partial charge in [-0.1, -0.05) is 13.0 Å². The predicted octanol–water partition coefficient (Wildman–Crippen LogP) is 4.72. The summed E-state index contributed by atoms with van der Waals surface area (Å²) in [5, 5.41) is 14.4. The topological polar surface area (TPSA) is 104 Å². The van der Waals surface area contributed by atoms with E-state index in [1.165, 1.54) is 0 Å². The van der Waals surface area contributed by atoms with Crippen LogP contribution >= 0.6 is 0 Å². The number of carbonyl (C=O) groups excluding carboxylic acids is 2. The molecule has 3 aromatic rings. The standard InChI is InChI=1S/C23H21N3O4/c1-2-4-22(27)25-17-5-3-6-18(13-17)26-23(28)21-12-11-20(30-21)15-29-19-9-7-16(14-24)8-10-19/h3,5-13H,2,4,15H2,1H3,(H,25,27)(H,26,28). The quantitative estimate of drug-likeness (QED) is 0.566. The molecule has 0 bridgehead atoms. The van der Waals surface area contributed by atoms with Crippen LogP contribution in [0, 0.1) is 11.3 Å². The molecule has 0 aliphatic rings. The summed E-state index contributed by atoms with van der Waals surface area (Å²) in [5.41, 5.74) is 1.71. The van der Waals surface area contributed by atoms with E-state index in [1.54, 1.807) is 60.7 Å². The number of anilines is 2. The van der Waals surface area contributed by atoms with E-state index in [0.717, 1.165) is 6.42 Å². The van der Waals surface area contributed by atoms with Gasteiger partial charge in [-0.3, -0.25) is 9.59 Å². The molecule has 0 unspecified atom stereocenters. The fourth-order valence-electron chi connectivity index (χ4n) is 2.68. The van der Waals surface area contributed by atoms with Crippen LogP contribution in [0.15, 0.2) is 65.1 Å². The molecule has 7 heteroatoms. The van der Waals surface area contributed by atoms with Crippen molar-refractivity contribution in [2.45, 2.75) is 26.4 Å². The number of hydrogen-bond acceptors (Lipinski definition) is 5. The lowest BCUT2D eigenvalue weighted by Gasteiger charge is -2.08. The maximum Gasteiger partial charge on any atom is 0.291 e. The molecule has 152 valence electrons. The number of nitrogens with zero attached hydrogens (tertiary/aromatic N) is 1. The first kappa shape index (κ1) is 20.7. The Morgan fingerprint density at radius 3 is 2.47 bits per heavy atom. The fourth-order valence-corrected chi connectivity index (χ4v) is 2.68. The highest BCUT2D eigenvalue weighted by Gasteiger charge is 2.12. The van der Waals surface area contributed by atoms with Crippen LogP contribution in [0.3, 0.4) is 0 Å². The monoisotopic (exact) mass is 403 g/mol. The third-order valence-electron chi connectivity index (χ3n) is 4.13. The average Bonchev–Trinajstić information content (AvgIpc) is 3.22. The van der Waals surface area contributed by atoms with Crippen molar-refractivity contribution >= 4 is 23.2 Å². The molecule has 1 heterocycles. The van der Waals surface area contributed by atoms with Crippen LogP contribution in [0.2, 0.25) is 0 Å². The van der Waals surface area contributed by atoms with Crippen molar-refractivity contribution in [2.24, 2.45) is 0 Å². The molecular weight excluding hydrogens is 382 g/mol. The fraction of sp³-hybridized carbons (Fsp3) is 0.174. The molecule has 3 rings (SSSR count). The zero-order chi connectivity index (χ0) is 21.3. The van der Waals surface area contributed by atoms with Crippen LogP contribution < -0.4 is 15.4 Å². The van der Waals surface area contributed by atoms with Gasteiger partial charge in [-0.05, 0) is 61.0 Å². The molecule has 2 aromatic carbocycles. The van der Waals surface area contributed by atoms with Crippen LogP contribution in [0.5, 0.6) is 5.75 Å². The molecule has 7 nitrogen and oxygen atoms in total. The van der Waals surface area contributed by atoms with Crippen molar-refractivity contribution in [3.8, 4) is 11.8 Å². The Balaban J connectivity index is 1.57. The van der Waals surface area contributed by atoms with Crippen molar-refractivity contribution in [1.29, 1.82) is 5.26 Å². The van der Waals surface area contributed by atoms with Gasteiger partial charge in [-0.2, -0.15) is 5.26 Å². The molecule has 0 saturated carbocycles. The van der Waals surface area contributed by atoms with E-state index >= 15 is 0 Å². The Labute approximate surface area is 174 Å².